The van der Waals surface area contributed by atoms with Gasteiger partial charge in [0, 0.05) is 42.3 Å². The van der Waals surface area contributed by atoms with Crippen molar-refractivity contribution >= 4 is 29.5 Å². The summed E-state index contributed by atoms with van der Waals surface area (Å²) in [4.78, 5) is 13.3. The molecule has 0 unspecified atom stereocenters. The second kappa shape index (κ2) is 10.6. The van der Waals surface area contributed by atoms with Crippen molar-refractivity contribution < 1.29 is 0 Å². The molecule has 1 aliphatic carbocycles. The van der Waals surface area contributed by atoms with Gasteiger partial charge in [-0.15, -0.1) is 0 Å². The van der Waals surface area contributed by atoms with Crippen LogP contribution in [0.2, 0.25) is 0 Å². The fourth-order valence-corrected chi connectivity index (χ4v) is 3.72. The van der Waals surface area contributed by atoms with E-state index in [0.29, 0.717) is 42.4 Å². The average Bonchev–Trinajstić information content (AvgIpc) is 3.52. The van der Waals surface area contributed by atoms with Gasteiger partial charge in [-0.1, -0.05) is 12.8 Å². The van der Waals surface area contributed by atoms with E-state index < -0.39 is 0 Å². The molecule has 0 spiro atoms. The van der Waals surface area contributed by atoms with Crippen molar-refractivity contribution in [3.63, 3.8) is 0 Å². The number of allylic oxidation sites excluding steroid dienone is 1. The Morgan fingerprint density at radius 3 is 2.76 bits per heavy atom. The average molecular weight is 448 g/mol. The number of nitrogens with two attached hydrogens (primary N) is 2. The molecule has 11 nitrogen and oxygen atoms in total. The molecule has 172 valence electrons. The van der Waals surface area contributed by atoms with Crippen LogP contribution >= 0.6 is 0 Å². The molecule has 4 rings (SSSR count). The third-order valence-electron chi connectivity index (χ3n) is 5.47. The Kier molecular flexibility index (Phi) is 7.10. The fourth-order valence-electron chi connectivity index (χ4n) is 3.72. The summed E-state index contributed by atoms with van der Waals surface area (Å²) in [5.74, 6) is 7.75. The molecule has 1 fully saturated rings. The summed E-state index contributed by atoms with van der Waals surface area (Å²) < 4.78 is 1.85. The summed E-state index contributed by atoms with van der Waals surface area (Å²) in [6, 6.07) is 4.14. The van der Waals surface area contributed by atoms with Gasteiger partial charge < -0.3 is 21.8 Å². The zero-order valence-electron chi connectivity index (χ0n) is 18.4. The first-order valence-corrected chi connectivity index (χ1v) is 11.0. The predicted molar refractivity (Wildman–Crippen MR) is 130 cm³/mol. The van der Waals surface area contributed by atoms with Crippen LogP contribution in [0.5, 0.6) is 0 Å². The van der Waals surface area contributed by atoms with Gasteiger partial charge in [-0.2, -0.15) is 10.1 Å². The zero-order valence-corrected chi connectivity index (χ0v) is 18.4. The molecule has 0 amide bonds. The van der Waals surface area contributed by atoms with E-state index in [9.17, 15) is 0 Å². The maximum Gasteiger partial charge on any atom is 0.225 e. The number of hydrogen-bond acceptors (Lipinski definition) is 10. The molecule has 1 saturated carbocycles. The van der Waals surface area contributed by atoms with Crippen LogP contribution in [0.15, 0.2) is 49.2 Å². The standard InChI is InChI=1S/C22H29N11/c23-8-3-9-26-10-11-32-15-17(13-29-32)16-6-7-20(27-12-16)33(25)21-19(24)14-28-22(31-21)30-18-4-1-2-5-18/h3,6-9,12-15,18,23,26H,1-2,4-5,10-11,24-25H2,(H,28,30,31)/b9-3-,23-8?. The van der Waals surface area contributed by atoms with E-state index in [4.69, 9.17) is 17.0 Å². The van der Waals surface area contributed by atoms with Gasteiger partial charge in [0.15, 0.2) is 5.82 Å². The van der Waals surface area contributed by atoms with Gasteiger partial charge in [0.05, 0.1) is 24.6 Å². The van der Waals surface area contributed by atoms with Crippen molar-refractivity contribution in [2.24, 2.45) is 5.84 Å². The topological polar surface area (TPSA) is 160 Å². The number of pyridine rings is 1. The lowest BCUT2D eigenvalue weighted by Crippen LogP contribution is -2.28. The quantitative estimate of drug-likeness (QED) is 0.136. The summed E-state index contributed by atoms with van der Waals surface area (Å²) in [5.41, 5.74) is 8.35. The minimum atomic E-state index is 0.380. The van der Waals surface area contributed by atoms with Crippen LogP contribution in [-0.4, -0.2) is 43.5 Å². The maximum absolute atomic E-state index is 6.95. The van der Waals surface area contributed by atoms with Gasteiger partial charge in [-0.3, -0.25) is 4.68 Å². The number of hydrazine groups is 1. The number of nitrogens with zero attached hydrogens (tertiary/aromatic N) is 6. The number of rotatable bonds is 10. The largest absolute Gasteiger partial charge is 0.394 e. The highest BCUT2D eigenvalue weighted by Gasteiger charge is 2.18. The molecule has 0 atom stereocenters. The lowest BCUT2D eigenvalue weighted by Gasteiger charge is -2.20. The highest BCUT2D eigenvalue weighted by Crippen LogP contribution is 2.27. The van der Waals surface area contributed by atoms with Crippen LogP contribution in [0.3, 0.4) is 0 Å². The Hall–Kier alpha value is -3.99. The van der Waals surface area contributed by atoms with Crippen LogP contribution < -0.4 is 27.2 Å². The molecule has 0 radical (unpaired) electrons. The number of nitrogens with one attached hydrogen (secondary N) is 3. The van der Waals surface area contributed by atoms with E-state index in [1.165, 1.54) is 24.1 Å². The first kappa shape index (κ1) is 22.2. The second-order valence-electron chi connectivity index (χ2n) is 7.85. The van der Waals surface area contributed by atoms with Gasteiger partial charge in [0.2, 0.25) is 5.95 Å². The van der Waals surface area contributed by atoms with Gasteiger partial charge >= 0.3 is 0 Å². The van der Waals surface area contributed by atoms with Crippen molar-refractivity contribution in [1.29, 1.82) is 5.41 Å². The monoisotopic (exact) mass is 447 g/mol. The smallest absolute Gasteiger partial charge is 0.225 e. The van der Waals surface area contributed by atoms with Crippen molar-refractivity contribution in [2.75, 3.05) is 22.6 Å². The van der Waals surface area contributed by atoms with Crippen LogP contribution in [-0.2, 0) is 6.54 Å². The lowest BCUT2D eigenvalue weighted by atomic mass is 10.2. The third-order valence-corrected chi connectivity index (χ3v) is 5.47. The van der Waals surface area contributed by atoms with E-state index in [2.05, 4.69) is 30.7 Å². The Morgan fingerprint density at radius 1 is 1.15 bits per heavy atom. The highest BCUT2D eigenvalue weighted by molar-refractivity contribution is 5.70. The molecular formula is C22H29N11. The molecule has 1 aliphatic rings. The summed E-state index contributed by atoms with van der Waals surface area (Å²) >= 11 is 0. The number of anilines is 4. The number of hydrogen-bond donors (Lipinski definition) is 5. The molecule has 33 heavy (non-hydrogen) atoms. The van der Waals surface area contributed by atoms with Crippen LogP contribution in [0.1, 0.15) is 25.7 Å². The maximum atomic E-state index is 6.95. The molecule has 0 aromatic carbocycles. The van der Waals surface area contributed by atoms with Crippen LogP contribution in [0.4, 0.5) is 23.3 Å². The van der Waals surface area contributed by atoms with Gasteiger partial charge in [-0.05, 0) is 37.3 Å². The van der Waals surface area contributed by atoms with Crippen LogP contribution in [0, 0.1) is 5.41 Å². The molecule has 11 heteroatoms. The highest BCUT2D eigenvalue weighted by atomic mass is 15.5. The summed E-state index contributed by atoms with van der Waals surface area (Å²) in [7, 11) is 0. The number of aromatic nitrogens is 5. The summed E-state index contributed by atoms with van der Waals surface area (Å²) in [6.45, 7) is 1.41. The van der Waals surface area contributed by atoms with E-state index in [0.717, 1.165) is 24.0 Å². The minimum Gasteiger partial charge on any atom is -0.394 e. The van der Waals surface area contributed by atoms with Crippen molar-refractivity contribution in [3.8, 4) is 11.1 Å². The molecule has 3 aromatic rings. The second-order valence-corrected chi connectivity index (χ2v) is 7.85. The van der Waals surface area contributed by atoms with E-state index in [1.54, 1.807) is 30.9 Å². The number of nitrogen functional groups attached to an aromatic ring is 1. The Balaban J connectivity index is 1.42. The molecule has 0 saturated heterocycles. The fraction of sp³-hybridized carbons (Fsp3) is 0.318. The lowest BCUT2D eigenvalue weighted by molar-refractivity contribution is 0.595. The first-order chi connectivity index (χ1) is 16.1. The molecule has 0 bridgehead atoms. The molecular weight excluding hydrogens is 418 g/mol. The normalized spacial score (nSPS) is 14.0. The van der Waals surface area contributed by atoms with E-state index >= 15 is 0 Å². The third kappa shape index (κ3) is 5.63. The SMILES string of the molecule is N=C/C=C\NCCn1cc(-c2ccc(N(N)c3nc(NC4CCCC4)ncc3N)nc2)cn1. The van der Waals surface area contributed by atoms with Crippen LogP contribution in [0.25, 0.3) is 11.1 Å². The van der Waals surface area contributed by atoms with Gasteiger partial charge in [0.1, 0.15) is 5.82 Å². The Morgan fingerprint density at radius 2 is 2.00 bits per heavy atom. The summed E-state index contributed by atoms with van der Waals surface area (Å²) in [6.07, 6.45) is 16.3. The van der Waals surface area contributed by atoms with E-state index in [-0.39, 0.29) is 0 Å². The van der Waals surface area contributed by atoms with Crippen molar-refractivity contribution in [1.82, 2.24) is 30.0 Å². The van der Waals surface area contributed by atoms with Gasteiger partial charge in [-0.25, -0.2) is 20.8 Å². The first-order valence-electron chi connectivity index (χ1n) is 11.0. The summed E-state index contributed by atoms with van der Waals surface area (Å²) in [5, 5.41) is 19.2. The Labute approximate surface area is 192 Å². The van der Waals surface area contributed by atoms with E-state index in [1.807, 2.05) is 23.0 Å². The molecule has 7 N–H and O–H groups in total. The molecule has 0 aliphatic heterocycles. The minimum absolute atomic E-state index is 0.380. The zero-order chi connectivity index (χ0) is 23.0. The Bertz CT molecular complexity index is 1080. The van der Waals surface area contributed by atoms with Crippen molar-refractivity contribution in [2.45, 2.75) is 38.3 Å². The molecule has 3 heterocycles. The van der Waals surface area contributed by atoms with Crippen molar-refractivity contribution in [3.05, 3.63) is 49.2 Å². The predicted octanol–water partition coefficient (Wildman–Crippen LogP) is 2.44. The molecule has 3 aromatic heterocycles. The van der Waals surface area contributed by atoms with Gasteiger partial charge in [0.25, 0.3) is 0 Å².